The van der Waals surface area contributed by atoms with E-state index in [1.54, 1.807) is 24.3 Å². The van der Waals surface area contributed by atoms with E-state index in [4.69, 9.17) is 14.6 Å². The summed E-state index contributed by atoms with van der Waals surface area (Å²) in [5.41, 5.74) is 0.597. The van der Waals surface area contributed by atoms with E-state index in [9.17, 15) is 20.1 Å². The minimum Gasteiger partial charge on any atom is -0.475 e. The van der Waals surface area contributed by atoms with E-state index < -0.39 is 37.2 Å². The number of aliphatic hydroxyl groups excluding tert-OH is 3. The molecular weight excluding hydrogens is 372 g/mol. The van der Waals surface area contributed by atoms with Gasteiger partial charge in [0, 0.05) is 10.9 Å². The normalized spacial score (nSPS) is 28.4. The van der Waals surface area contributed by atoms with Crippen LogP contribution in [-0.4, -0.2) is 57.6 Å². The van der Waals surface area contributed by atoms with Crippen LogP contribution in [0.15, 0.2) is 34.5 Å². The van der Waals surface area contributed by atoms with E-state index in [1.165, 1.54) is 6.08 Å². The summed E-state index contributed by atoms with van der Waals surface area (Å²) in [7, 11) is 0. The molecule has 0 aliphatic carbocycles. The third-order valence-corrected chi connectivity index (χ3v) is 4.10. The molecule has 7 nitrogen and oxygen atoms in total. The standard InChI is InChI=1S/C15H17BrO7/c16-9-4-2-1-3-8(9)5-11(15(20)21)22-13-6-10(18)14(19)12(7-17)23-13/h1-5,10,12-14,17-19H,6-7H2,(H,20,21)/b11-5-. The molecule has 4 atom stereocenters. The molecule has 1 heterocycles. The topological polar surface area (TPSA) is 116 Å². The average Bonchev–Trinajstić information content (AvgIpc) is 2.51. The van der Waals surface area contributed by atoms with Crippen LogP contribution >= 0.6 is 15.9 Å². The fourth-order valence-corrected chi connectivity index (χ4v) is 2.56. The Labute approximate surface area is 140 Å². The molecule has 4 unspecified atom stereocenters. The Hall–Kier alpha value is -1.45. The summed E-state index contributed by atoms with van der Waals surface area (Å²) in [6.45, 7) is -0.519. The number of carbonyl (C=O) groups is 1. The van der Waals surface area contributed by atoms with Crippen molar-refractivity contribution >= 4 is 28.0 Å². The number of ether oxygens (including phenoxy) is 2. The van der Waals surface area contributed by atoms with Crippen molar-refractivity contribution < 1.29 is 34.7 Å². The summed E-state index contributed by atoms with van der Waals surface area (Å²) in [5, 5.41) is 37.8. The van der Waals surface area contributed by atoms with Gasteiger partial charge in [-0.15, -0.1) is 0 Å². The van der Waals surface area contributed by atoms with Gasteiger partial charge in [0.25, 0.3) is 0 Å². The minimum atomic E-state index is -1.30. The molecule has 2 rings (SSSR count). The maximum Gasteiger partial charge on any atom is 0.371 e. The molecule has 1 aromatic rings. The average molecular weight is 389 g/mol. The third-order valence-electron chi connectivity index (χ3n) is 3.38. The summed E-state index contributed by atoms with van der Waals surface area (Å²) in [6.07, 6.45) is -3.35. The highest BCUT2D eigenvalue weighted by Gasteiger charge is 2.38. The van der Waals surface area contributed by atoms with E-state index in [0.717, 1.165) is 0 Å². The first-order chi connectivity index (χ1) is 10.9. The summed E-state index contributed by atoms with van der Waals surface area (Å²) >= 11 is 3.31. The second-order valence-electron chi connectivity index (χ2n) is 5.03. The first kappa shape index (κ1) is 17.9. The maximum absolute atomic E-state index is 11.4. The number of hydrogen-bond donors (Lipinski definition) is 4. The second kappa shape index (κ2) is 7.89. The highest BCUT2D eigenvalue weighted by molar-refractivity contribution is 9.10. The lowest BCUT2D eigenvalue weighted by Crippen LogP contribution is -2.50. The molecule has 1 saturated heterocycles. The molecule has 4 N–H and O–H groups in total. The lowest BCUT2D eigenvalue weighted by atomic mass is 10.0. The van der Waals surface area contributed by atoms with Gasteiger partial charge in [-0.25, -0.2) is 4.79 Å². The maximum atomic E-state index is 11.4. The summed E-state index contributed by atoms with van der Waals surface area (Å²) < 4.78 is 11.3. The minimum absolute atomic E-state index is 0.113. The van der Waals surface area contributed by atoms with Crippen LogP contribution < -0.4 is 0 Å². The highest BCUT2D eigenvalue weighted by atomic mass is 79.9. The molecule has 1 aromatic carbocycles. The van der Waals surface area contributed by atoms with Gasteiger partial charge in [0.05, 0.1) is 12.7 Å². The Balaban J connectivity index is 2.17. The van der Waals surface area contributed by atoms with Crippen LogP contribution in [0.4, 0.5) is 0 Å². The number of halogens is 1. The van der Waals surface area contributed by atoms with E-state index in [2.05, 4.69) is 15.9 Å². The summed E-state index contributed by atoms with van der Waals surface area (Å²) in [6, 6.07) is 6.99. The lowest BCUT2D eigenvalue weighted by molar-refractivity contribution is -0.246. The van der Waals surface area contributed by atoms with Crippen LogP contribution in [-0.2, 0) is 14.3 Å². The van der Waals surface area contributed by atoms with Crippen LogP contribution in [0.3, 0.4) is 0 Å². The Bertz CT molecular complexity index is 589. The number of aliphatic hydroxyl groups is 3. The van der Waals surface area contributed by atoms with E-state index in [-0.39, 0.29) is 12.2 Å². The van der Waals surface area contributed by atoms with Crippen molar-refractivity contribution in [3.63, 3.8) is 0 Å². The van der Waals surface area contributed by atoms with Gasteiger partial charge >= 0.3 is 5.97 Å². The van der Waals surface area contributed by atoms with Gasteiger partial charge < -0.3 is 29.9 Å². The third kappa shape index (κ3) is 4.52. The van der Waals surface area contributed by atoms with Crippen molar-refractivity contribution in [1.82, 2.24) is 0 Å². The first-order valence-electron chi connectivity index (χ1n) is 6.91. The molecule has 0 saturated carbocycles. The molecule has 8 heteroatoms. The Morgan fingerprint density at radius 3 is 2.70 bits per heavy atom. The zero-order valence-corrected chi connectivity index (χ0v) is 13.6. The smallest absolute Gasteiger partial charge is 0.371 e. The van der Waals surface area contributed by atoms with Gasteiger partial charge in [0.1, 0.15) is 12.2 Å². The second-order valence-corrected chi connectivity index (χ2v) is 5.89. The molecule has 126 valence electrons. The van der Waals surface area contributed by atoms with Crippen LogP contribution in [0.2, 0.25) is 0 Å². The molecule has 0 spiro atoms. The Morgan fingerprint density at radius 2 is 2.09 bits per heavy atom. The van der Waals surface area contributed by atoms with Gasteiger partial charge in [-0.3, -0.25) is 0 Å². The lowest BCUT2D eigenvalue weighted by Gasteiger charge is -2.36. The van der Waals surface area contributed by atoms with Crippen molar-refractivity contribution in [3.8, 4) is 0 Å². The van der Waals surface area contributed by atoms with E-state index in [1.807, 2.05) is 0 Å². The molecule has 0 amide bonds. The molecule has 0 bridgehead atoms. The predicted molar refractivity (Wildman–Crippen MR) is 83.2 cm³/mol. The molecule has 1 fully saturated rings. The molecule has 0 aromatic heterocycles. The van der Waals surface area contributed by atoms with Crippen molar-refractivity contribution in [2.45, 2.75) is 31.0 Å². The Kier molecular flexibility index (Phi) is 6.14. The number of carboxylic acid groups (broad SMARTS) is 1. The molecule has 1 aliphatic rings. The Morgan fingerprint density at radius 1 is 1.39 bits per heavy atom. The SMILES string of the molecule is O=C(O)/C(=C/c1ccccc1Br)OC1CC(O)C(O)C(CO)O1. The molecule has 23 heavy (non-hydrogen) atoms. The molecular formula is C15H17BrO7. The fourth-order valence-electron chi connectivity index (χ4n) is 2.16. The van der Waals surface area contributed by atoms with Gasteiger partial charge in [-0.05, 0) is 17.7 Å². The number of carboxylic acids is 1. The zero-order valence-electron chi connectivity index (χ0n) is 12.0. The van der Waals surface area contributed by atoms with Gasteiger partial charge in [-0.1, -0.05) is 34.1 Å². The summed E-state index contributed by atoms with van der Waals surface area (Å²) in [5.74, 6) is -1.67. The van der Waals surface area contributed by atoms with Crippen molar-refractivity contribution in [2.24, 2.45) is 0 Å². The number of rotatable bonds is 5. The van der Waals surface area contributed by atoms with Crippen LogP contribution in [0, 0.1) is 0 Å². The summed E-state index contributed by atoms with van der Waals surface area (Å²) in [4.78, 5) is 11.4. The monoisotopic (exact) mass is 388 g/mol. The van der Waals surface area contributed by atoms with Gasteiger partial charge in [0.15, 0.2) is 0 Å². The van der Waals surface area contributed by atoms with E-state index >= 15 is 0 Å². The predicted octanol–water partition coefficient (Wildman–Crippen LogP) is 0.720. The largest absolute Gasteiger partial charge is 0.475 e. The first-order valence-corrected chi connectivity index (χ1v) is 7.70. The number of benzene rings is 1. The van der Waals surface area contributed by atoms with Crippen molar-refractivity contribution in [3.05, 3.63) is 40.1 Å². The fraction of sp³-hybridized carbons (Fsp3) is 0.400. The van der Waals surface area contributed by atoms with Crippen LogP contribution in [0.25, 0.3) is 6.08 Å². The van der Waals surface area contributed by atoms with Gasteiger partial charge in [-0.2, -0.15) is 0 Å². The number of hydrogen-bond acceptors (Lipinski definition) is 6. The van der Waals surface area contributed by atoms with E-state index in [0.29, 0.717) is 10.0 Å². The van der Waals surface area contributed by atoms with Gasteiger partial charge in [0.2, 0.25) is 12.0 Å². The number of aliphatic carboxylic acids is 1. The zero-order chi connectivity index (χ0) is 17.0. The molecule has 1 aliphatic heterocycles. The van der Waals surface area contributed by atoms with Crippen LogP contribution in [0.5, 0.6) is 0 Å². The van der Waals surface area contributed by atoms with Crippen molar-refractivity contribution in [2.75, 3.05) is 6.61 Å². The van der Waals surface area contributed by atoms with Crippen LogP contribution in [0.1, 0.15) is 12.0 Å². The quantitative estimate of drug-likeness (QED) is 0.433. The highest BCUT2D eigenvalue weighted by Crippen LogP contribution is 2.25. The molecule has 0 radical (unpaired) electrons. The van der Waals surface area contributed by atoms with Crippen molar-refractivity contribution in [1.29, 1.82) is 0 Å².